The molecule has 0 bridgehead atoms. The van der Waals surface area contributed by atoms with Gasteiger partial charge in [-0.1, -0.05) is 44.2 Å². The second-order valence-electron chi connectivity index (χ2n) is 8.99. The van der Waals surface area contributed by atoms with Gasteiger partial charge in [-0.15, -0.1) is 11.3 Å². The number of aliphatic carboxylic acids is 1. The molecule has 194 valence electrons. The van der Waals surface area contributed by atoms with Crippen molar-refractivity contribution in [2.75, 3.05) is 0 Å². The molecule has 1 aromatic carbocycles. The Bertz CT molecular complexity index is 1190. The van der Waals surface area contributed by atoms with E-state index in [4.69, 9.17) is 4.52 Å². The first-order valence-electron chi connectivity index (χ1n) is 11.6. The maximum absolute atomic E-state index is 13.0. The van der Waals surface area contributed by atoms with Gasteiger partial charge in [-0.3, -0.25) is 9.32 Å². The minimum absolute atomic E-state index is 0.00104. The summed E-state index contributed by atoms with van der Waals surface area (Å²) in [6, 6.07) is 12.7. The number of carbonyl (C=O) groups is 2. The minimum Gasteiger partial charge on any atom is -0.480 e. The van der Waals surface area contributed by atoms with E-state index >= 15 is 0 Å². The van der Waals surface area contributed by atoms with E-state index in [-0.39, 0.29) is 25.4 Å². The number of benzene rings is 1. The SMILES string of the molecule is CC(C)C[C@H](NP(=O)(O)OCc1cccs1)C(=O)N[C@@H](Cc1ccc(-c2cccn2C)cc1)C(=O)O. The maximum atomic E-state index is 13.0. The molecule has 0 spiro atoms. The zero-order chi connectivity index (χ0) is 26.3. The molecule has 0 aliphatic rings. The lowest BCUT2D eigenvalue weighted by Gasteiger charge is -2.24. The van der Waals surface area contributed by atoms with Crippen LogP contribution in [0.2, 0.25) is 0 Å². The standard InChI is InChI=1S/C25H32N3O6PS/c1-17(2)14-21(27-35(32,33)34-16-20-6-5-13-36-20)24(29)26-22(25(30)31)15-18-8-10-19(11-9-18)23-7-4-12-28(23)3/h4-13,17,21-22H,14-16H2,1-3H3,(H,26,29)(H,30,31)(H2,27,32,33)/t21-,22-/m0/s1. The number of thiophene rings is 1. The van der Waals surface area contributed by atoms with E-state index in [0.29, 0.717) is 0 Å². The Morgan fingerprint density at radius 2 is 1.83 bits per heavy atom. The van der Waals surface area contributed by atoms with Gasteiger partial charge in [0.25, 0.3) is 0 Å². The molecule has 0 radical (unpaired) electrons. The number of nitrogens with zero attached hydrogens (tertiary/aromatic N) is 1. The highest BCUT2D eigenvalue weighted by Gasteiger charge is 2.32. The minimum atomic E-state index is -4.32. The highest BCUT2D eigenvalue weighted by Crippen LogP contribution is 2.39. The third kappa shape index (κ3) is 8.15. The summed E-state index contributed by atoms with van der Waals surface area (Å²) < 4.78 is 19.7. The average Bonchev–Trinajstić information content (AvgIpc) is 3.48. The van der Waals surface area contributed by atoms with Gasteiger partial charge in [0.05, 0.1) is 12.6 Å². The Morgan fingerprint density at radius 3 is 2.39 bits per heavy atom. The number of amides is 1. The van der Waals surface area contributed by atoms with Gasteiger partial charge in [-0.05, 0) is 47.0 Å². The zero-order valence-electron chi connectivity index (χ0n) is 20.5. The summed E-state index contributed by atoms with van der Waals surface area (Å²) in [6.45, 7) is 3.64. The van der Waals surface area contributed by atoms with Crippen molar-refractivity contribution in [3.05, 3.63) is 70.5 Å². The van der Waals surface area contributed by atoms with Gasteiger partial charge < -0.3 is 19.9 Å². The van der Waals surface area contributed by atoms with Gasteiger partial charge in [0.15, 0.2) is 0 Å². The van der Waals surface area contributed by atoms with Crippen LogP contribution in [0, 0.1) is 5.92 Å². The summed E-state index contributed by atoms with van der Waals surface area (Å²) in [7, 11) is -2.38. The van der Waals surface area contributed by atoms with E-state index in [1.165, 1.54) is 11.3 Å². The lowest BCUT2D eigenvalue weighted by molar-refractivity contribution is -0.142. The first-order valence-corrected chi connectivity index (χ1v) is 14.0. The van der Waals surface area contributed by atoms with Crippen molar-refractivity contribution in [3.63, 3.8) is 0 Å². The van der Waals surface area contributed by atoms with Gasteiger partial charge in [-0.2, -0.15) is 0 Å². The van der Waals surface area contributed by atoms with Crippen molar-refractivity contribution < 1.29 is 28.7 Å². The predicted molar refractivity (Wildman–Crippen MR) is 139 cm³/mol. The molecule has 36 heavy (non-hydrogen) atoms. The number of aryl methyl sites for hydroxylation is 1. The van der Waals surface area contributed by atoms with E-state index in [0.717, 1.165) is 21.7 Å². The van der Waals surface area contributed by atoms with Crippen LogP contribution in [0.1, 0.15) is 30.7 Å². The molecule has 1 amide bonds. The van der Waals surface area contributed by atoms with Crippen LogP contribution in [-0.2, 0) is 38.8 Å². The Morgan fingerprint density at radius 1 is 1.11 bits per heavy atom. The van der Waals surface area contributed by atoms with Gasteiger partial charge in [-0.25, -0.2) is 14.4 Å². The molecule has 0 saturated carbocycles. The van der Waals surface area contributed by atoms with E-state index in [9.17, 15) is 24.2 Å². The van der Waals surface area contributed by atoms with Gasteiger partial charge in [0.2, 0.25) is 5.91 Å². The fourth-order valence-electron chi connectivity index (χ4n) is 3.75. The third-order valence-corrected chi connectivity index (χ3v) is 7.52. The van der Waals surface area contributed by atoms with Crippen LogP contribution < -0.4 is 10.4 Å². The van der Waals surface area contributed by atoms with E-state index in [2.05, 4.69) is 10.4 Å². The Labute approximate surface area is 214 Å². The fraction of sp³-hybridized carbons (Fsp3) is 0.360. The number of nitrogens with one attached hydrogen (secondary N) is 2. The van der Waals surface area contributed by atoms with Crippen molar-refractivity contribution in [2.45, 2.75) is 45.4 Å². The molecule has 0 fully saturated rings. The zero-order valence-corrected chi connectivity index (χ0v) is 22.2. The van der Waals surface area contributed by atoms with E-state index in [1.54, 1.807) is 12.1 Å². The highest BCUT2D eigenvalue weighted by molar-refractivity contribution is 7.50. The summed E-state index contributed by atoms with van der Waals surface area (Å²) >= 11 is 1.38. The molecule has 2 aromatic heterocycles. The average molecular weight is 534 g/mol. The predicted octanol–water partition coefficient (Wildman–Crippen LogP) is 4.19. The van der Waals surface area contributed by atoms with Crippen LogP contribution in [0.4, 0.5) is 0 Å². The van der Waals surface area contributed by atoms with Crippen LogP contribution in [-0.4, -0.2) is 38.5 Å². The Balaban J connectivity index is 1.66. The summed E-state index contributed by atoms with van der Waals surface area (Å²) in [4.78, 5) is 36.0. The molecule has 1 unspecified atom stereocenters. The number of carbonyl (C=O) groups excluding carboxylic acids is 1. The summed E-state index contributed by atoms with van der Waals surface area (Å²) in [5, 5.41) is 16.5. The molecule has 9 nitrogen and oxygen atoms in total. The molecule has 0 saturated heterocycles. The first kappa shape index (κ1) is 27.8. The number of hydrogen-bond acceptors (Lipinski definition) is 5. The number of carboxylic acids is 1. The normalized spacial score (nSPS) is 14.8. The fourth-order valence-corrected chi connectivity index (χ4v) is 5.46. The second-order valence-corrected chi connectivity index (χ2v) is 11.6. The highest BCUT2D eigenvalue weighted by atomic mass is 32.1. The van der Waals surface area contributed by atoms with Gasteiger partial charge >= 0.3 is 13.7 Å². The smallest absolute Gasteiger partial charge is 0.403 e. The van der Waals surface area contributed by atoms with Crippen LogP contribution in [0.3, 0.4) is 0 Å². The summed E-state index contributed by atoms with van der Waals surface area (Å²) in [5.41, 5.74) is 2.76. The van der Waals surface area contributed by atoms with Crippen molar-refractivity contribution in [2.24, 2.45) is 13.0 Å². The van der Waals surface area contributed by atoms with Crippen LogP contribution in [0.15, 0.2) is 60.1 Å². The van der Waals surface area contributed by atoms with Crippen molar-refractivity contribution in [3.8, 4) is 11.3 Å². The Hall–Kier alpha value is -2.75. The van der Waals surface area contributed by atoms with Crippen molar-refractivity contribution >= 4 is 31.0 Å². The molecule has 11 heteroatoms. The van der Waals surface area contributed by atoms with E-state index in [1.807, 2.05) is 73.4 Å². The number of hydrogen-bond donors (Lipinski definition) is 4. The summed E-state index contributed by atoms with van der Waals surface area (Å²) in [5.74, 6) is -1.87. The van der Waals surface area contributed by atoms with Crippen molar-refractivity contribution in [1.82, 2.24) is 15.0 Å². The summed E-state index contributed by atoms with van der Waals surface area (Å²) in [6.07, 6.45) is 2.23. The monoisotopic (exact) mass is 533 g/mol. The molecule has 0 aliphatic carbocycles. The molecule has 4 N–H and O–H groups in total. The van der Waals surface area contributed by atoms with E-state index < -0.39 is 31.7 Å². The molecule has 3 aromatic rings. The lowest BCUT2D eigenvalue weighted by Crippen LogP contribution is -2.50. The second kappa shape index (κ2) is 12.5. The quantitative estimate of drug-likeness (QED) is 0.243. The van der Waals surface area contributed by atoms with Crippen LogP contribution in [0.25, 0.3) is 11.3 Å². The molecule has 3 rings (SSSR count). The maximum Gasteiger partial charge on any atom is 0.403 e. The van der Waals surface area contributed by atoms with Crippen molar-refractivity contribution in [1.29, 1.82) is 0 Å². The third-order valence-electron chi connectivity index (χ3n) is 5.55. The molecular formula is C25H32N3O6PS. The molecule has 0 aliphatic heterocycles. The number of rotatable bonds is 13. The molecular weight excluding hydrogens is 501 g/mol. The topological polar surface area (TPSA) is 130 Å². The van der Waals surface area contributed by atoms with Gasteiger partial charge in [0, 0.05) is 30.2 Å². The van der Waals surface area contributed by atoms with Crippen LogP contribution >= 0.6 is 19.1 Å². The Kier molecular flexibility index (Phi) is 9.64. The lowest BCUT2D eigenvalue weighted by atomic mass is 10.0. The molecule has 3 atom stereocenters. The van der Waals surface area contributed by atoms with Gasteiger partial charge in [0.1, 0.15) is 6.04 Å². The number of carboxylic acid groups (broad SMARTS) is 1. The molecule has 2 heterocycles. The van der Waals surface area contributed by atoms with Crippen LogP contribution in [0.5, 0.6) is 0 Å². The number of aromatic nitrogens is 1. The largest absolute Gasteiger partial charge is 0.480 e. The first-order chi connectivity index (χ1) is 17.0.